The van der Waals surface area contributed by atoms with Gasteiger partial charge in [-0.2, -0.15) is 18.3 Å². The number of fused-ring (bicyclic) bond motifs is 1. The quantitative estimate of drug-likeness (QED) is 0.644. The van der Waals surface area contributed by atoms with Crippen LogP contribution < -0.4 is 10.6 Å². The summed E-state index contributed by atoms with van der Waals surface area (Å²) in [6.07, 6.45) is -2.25. The zero-order chi connectivity index (χ0) is 20.8. The minimum Gasteiger partial charge on any atom is -0.467 e. The molecule has 0 bridgehead atoms. The number of nitrogens with zero attached hydrogens (tertiary/aromatic N) is 2. The molecule has 3 heterocycles. The zero-order valence-electron chi connectivity index (χ0n) is 15.7. The summed E-state index contributed by atoms with van der Waals surface area (Å²) in [5.74, 6) is -0.154. The van der Waals surface area contributed by atoms with Crippen LogP contribution in [-0.4, -0.2) is 21.9 Å². The standard InChI is InChI=1S/C20H19F3N4O2/c1-11-6-12(2)8-13(7-11)25-19(28)14-10-24-27-17(20(21,22)23)9-15(26-18(14)27)16-4-3-5-29-16/h3-8,10,15,17,26H,9H2,1-2H3,(H,25,28)/t15-,17+/m1/s1. The van der Waals surface area contributed by atoms with Gasteiger partial charge in [-0.05, 0) is 49.2 Å². The highest BCUT2D eigenvalue weighted by Gasteiger charge is 2.47. The summed E-state index contributed by atoms with van der Waals surface area (Å²) < 4.78 is 47.1. The Morgan fingerprint density at radius 3 is 2.62 bits per heavy atom. The van der Waals surface area contributed by atoms with E-state index in [2.05, 4.69) is 15.7 Å². The summed E-state index contributed by atoms with van der Waals surface area (Å²) in [6, 6.07) is 6.16. The first kappa shape index (κ1) is 19.1. The third-order valence-corrected chi connectivity index (χ3v) is 4.85. The Kier molecular flexibility index (Phi) is 4.60. The molecule has 29 heavy (non-hydrogen) atoms. The minimum absolute atomic E-state index is 0.0156. The van der Waals surface area contributed by atoms with Crippen molar-refractivity contribution in [2.75, 3.05) is 10.6 Å². The molecule has 4 rings (SSSR count). The number of aromatic nitrogens is 2. The maximum absolute atomic E-state index is 13.7. The Labute approximate surface area is 164 Å². The maximum Gasteiger partial charge on any atom is 0.410 e. The number of halogens is 3. The second-order valence-corrected chi connectivity index (χ2v) is 7.19. The van der Waals surface area contributed by atoms with Crippen molar-refractivity contribution in [3.05, 3.63) is 65.2 Å². The molecule has 0 saturated heterocycles. The Balaban J connectivity index is 1.68. The van der Waals surface area contributed by atoms with Gasteiger partial charge in [-0.1, -0.05) is 6.07 Å². The van der Waals surface area contributed by atoms with Crippen LogP contribution in [0.3, 0.4) is 0 Å². The maximum atomic E-state index is 13.7. The van der Waals surface area contributed by atoms with Gasteiger partial charge in [0.15, 0.2) is 6.04 Å². The second-order valence-electron chi connectivity index (χ2n) is 7.19. The van der Waals surface area contributed by atoms with Gasteiger partial charge in [0, 0.05) is 12.1 Å². The Morgan fingerprint density at radius 1 is 1.28 bits per heavy atom. The lowest BCUT2D eigenvalue weighted by molar-refractivity contribution is -0.174. The number of amides is 1. The lowest BCUT2D eigenvalue weighted by Crippen LogP contribution is -2.36. The van der Waals surface area contributed by atoms with Crippen molar-refractivity contribution >= 4 is 17.4 Å². The number of hydrogen-bond acceptors (Lipinski definition) is 4. The van der Waals surface area contributed by atoms with Crippen molar-refractivity contribution in [1.29, 1.82) is 0 Å². The van der Waals surface area contributed by atoms with E-state index < -0.39 is 24.2 Å². The van der Waals surface area contributed by atoms with Gasteiger partial charge in [0.1, 0.15) is 17.1 Å². The second kappa shape index (κ2) is 6.98. The molecule has 2 aromatic heterocycles. The molecule has 2 N–H and O–H groups in total. The van der Waals surface area contributed by atoms with E-state index in [1.165, 1.54) is 6.26 Å². The molecule has 1 aliphatic heterocycles. The van der Waals surface area contributed by atoms with E-state index in [4.69, 9.17) is 4.42 Å². The topological polar surface area (TPSA) is 72.1 Å². The van der Waals surface area contributed by atoms with Gasteiger partial charge >= 0.3 is 6.18 Å². The monoisotopic (exact) mass is 404 g/mol. The van der Waals surface area contributed by atoms with Crippen molar-refractivity contribution in [2.24, 2.45) is 0 Å². The molecule has 0 spiro atoms. The third kappa shape index (κ3) is 3.72. The van der Waals surface area contributed by atoms with Gasteiger partial charge < -0.3 is 15.1 Å². The Hall–Kier alpha value is -3.23. The minimum atomic E-state index is -4.52. The van der Waals surface area contributed by atoms with Crippen molar-refractivity contribution in [1.82, 2.24) is 9.78 Å². The first-order valence-electron chi connectivity index (χ1n) is 9.06. The highest BCUT2D eigenvalue weighted by molar-refractivity contribution is 6.07. The molecule has 1 aliphatic rings. The van der Waals surface area contributed by atoms with E-state index in [-0.39, 0.29) is 17.8 Å². The summed E-state index contributed by atoms with van der Waals surface area (Å²) >= 11 is 0. The van der Waals surface area contributed by atoms with Gasteiger partial charge in [-0.15, -0.1) is 0 Å². The van der Waals surface area contributed by atoms with Gasteiger partial charge in [-0.3, -0.25) is 4.79 Å². The molecular weight excluding hydrogens is 385 g/mol. The molecule has 2 atom stereocenters. The van der Waals surface area contributed by atoms with Crippen LogP contribution in [-0.2, 0) is 0 Å². The molecule has 1 amide bonds. The number of hydrogen-bond donors (Lipinski definition) is 2. The molecule has 3 aromatic rings. The van der Waals surface area contributed by atoms with E-state index in [1.54, 1.807) is 24.3 Å². The van der Waals surface area contributed by atoms with E-state index in [1.807, 2.05) is 19.9 Å². The van der Waals surface area contributed by atoms with Crippen molar-refractivity contribution in [3.63, 3.8) is 0 Å². The molecule has 0 unspecified atom stereocenters. The van der Waals surface area contributed by atoms with Crippen LogP contribution in [0.4, 0.5) is 24.7 Å². The number of aryl methyl sites for hydroxylation is 2. The van der Waals surface area contributed by atoms with Crippen molar-refractivity contribution in [2.45, 2.75) is 38.5 Å². The molecule has 9 heteroatoms. The largest absolute Gasteiger partial charge is 0.467 e. The van der Waals surface area contributed by atoms with E-state index in [9.17, 15) is 18.0 Å². The Morgan fingerprint density at radius 2 is 2.00 bits per heavy atom. The molecule has 0 radical (unpaired) electrons. The summed E-state index contributed by atoms with van der Waals surface area (Å²) in [5.41, 5.74) is 2.53. The summed E-state index contributed by atoms with van der Waals surface area (Å²) in [6.45, 7) is 3.79. The Bertz CT molecular complexity index is 1020. The van der Waals surface area contributed by atoms with Crippen LogP contribution in [0, 0.1) is 13.8 Å². The first-order chi connectivity index (χ1) is 13.7. The van der Waals surface area contributed by atoms with Crippen LogP contribution >= 0.6 is 0 Å². The lowest BCUT2D eigenvalue weighted by Gasteiger charge is -2.32. The average Bonchev–Trinajstić information content (AvgIpc) is 3.28. The summed E-state index contributed by atoms with van der Waals surface area (Å²) in [7, 11) is 0. The number of alkyl halides is 3. The van der Waals surface area contributed by atoms with Gasteiger partial charge in [-0.25, -0.2) is 4.68 Å². The van der Waals surface area contributed by atoms with Gasteiger partial charge in [0.2, 0.25) is 0 Å². The van der Waals surface area contributed by atoms with Crippen LogP contribution in [0.15, 0.2) is 47.2 Å². The molecular formula is C20H19F3N4O2. The highest BCUT2D eigenvalue weighted by atomic mass is 19.4. The van der Waals surface area contributed by atoms with Gasteiger partial charge in [0.05, 0.1) is 18.5 Å². The molecule has 0 aliphatic carbocycles. The van der Waals surface area contributed by atoms with Crippen molar-refractivity contribution in [3.8, 4) is 0 Å². The smallest absolute Gasteiger partial charge is 0.410 e. The number of benzene rings is 1. The number of nitrogens with one attached hydrogen (secondary N) is 2. The lowest BCUT2D eigenvalue weighted by atomic mass is 10.0. The predicted octanol–water partition coefficient (Wildman–Crippen LogP) is 5.01. The SMILES string of the molecule is Cc1cc(C)cc(NC(=O)c2cnn3c2N[C@@H](c2ccco2)C[C@H]3C(F)(F)F)c1. The first-order valence-corrected chi connectivity index (χ1v) is 9.06. The van der Waals surface area contributed by atoms with E-state index in [0.717, 1.165) is 22.0 Å². The number of rotatable bonds is 3. The van der Waals surface area contributed by atoms with Crippen LogP contribution in [0.5, 0.6) is 0 Å². The summed E-state index contributed by atoms with van der Waals surface area (Å²) in [5, 5.41) is 9.59. The molecule has 0 saturated carbocycles. The van der Waals surface area contributed by atoms with Crippen LogP contribution in [0.2, 0.25) is 0 Å². The fourth-order valence-corrected chi connectivity index (χ4v) is 3.65. The molecule has 0 fully saturated rings. The highest BCUT2D eigenvalue weighted by Crippen LogP contribution is 2.44. The number of furan rings is 1. The fourth-order valence-electron chi connectivity index (χ4n) is 3.65. The van der Waals surface area contributed by atoms with E-state index in [0.29, 0.717) is 11.4 Å². The summed E-state index contributed by atoms with van der Waals surface area (Å²) in [4.78, 5) is 12.8. The molecule has 152 valence electrons. The van der Waals surface area contributed by atoms with Crippen LogP contribution in [0.25, 0.3) is 0 Å². The number of anilines is 2. The zero-order valence-corrected chi connectivity index (χ0v) is 15.7. The molecule has 1 aromatic carbocycles. The fraction of sp³-hybridized carbons (Fsp3) is 0.300. The number of carbonyl (C=O) groups excluding carboxylic acids is 1. The van der Waals surface area contributed by atoms with Gasteiger partial charge in [0.25, 0.3) is 5.91 Å². The van der Waals surface area contributed by atoms with Crippen molar-refractivity contribution < 1.29 is 22.4 Å². The third-order valence-electron chi connectivity index (χ3n) is 4.85. The predicted molar refractivity (Wildman–Crippen MR) is 101 cm³/mol. The number of carbonyl (C=O) groups is 1. The van der Waals surface area contributed by atoms with E-state index >= 15 is 0 Å². The normalized spacial score (nSPS) is 18.8. The molecule has 6 nitrogen and oxygen atoms in total. The average molecular weight is 404 g/mol. The van der Waals surface area contributed by atoms with Crippen LogP contribution in [0.1, 0.15) is 45.7 Å².